The Morgan fingerprint density at radius 2 is 1.88 bits per heavy atom. The highest BCUT2D eigenvalue weighted by molar-refractivity contribution is 5.96. The molecule has 4 rings (SSSR count). The number of hydrogen-bond donors (Lipinski definition) is 1. The summed E-state index contributed by atoms with van der Waals surface area (Å²) in [6, 6.07) is 9.81. The van der Waals surface area contributed by atoms with Crippen molar-refractivity contribution in [3.8, 4) is 5.69 Å². The third kappa shape index (κ3) is 2.81. The van der Waals surface area contributed by atoms with Crippen molar-refractivity contribution in [2.75, 3.05) is 13.1 Å². The van der Waals surface area contributed by atoms with Crippen LogP contribution in [0.2, 0.25) is 0 Å². The van der Waals surface area contributed by atoms with E-state index in [1.165, 1.54) is 0 Å². The Morgan fingerprint density at radius 1 is 1.16 bits per heavy atom. The number of likely N-dealkylation sites (tertiary alicyclic amines) is 1. The van der Waals surface area contributed by atoms with E-state index in [2.05, 4.69) is 5.10 Å². The first-order valence-electron chi connectivity index (χ1n) is 8.71. The number of hydrogen-bond acceptors (Lipinski definition) is 3. The van der Waals surface area contributed by atoms with Crippen LogP contribution in [0.4, 0.5) is 0 Å². The first-order chi connectivity index (χ1) is 12.1. The number of nitrogens with zero attached hydrogens (tertiary/aromatic N) is 3. The number of aliphatic carboxylic acids is 1. The summed E-state index contributed by atoms with van der Waals surface area (Å²) in [5.41, 5.74) is 2.52. The van der Waals surface area contributed by atoms with E-state index in [0.717, 1.165) is 24.2 Å². The first-order valence-corrected chi connectivity index (χ1v) is 8.71. The van der Waals surface area contributed by atoms with Gasteiger partial charge in [-0.05, 0) is 30.9 Å². The molecule has 2 fully saturated rings. The maximum atomic E-state index is 13.0. The lowest BCUT2D eigenvalue weighted by molar-refractivity contribution is -0.142. The molecule has 1 aliphatic heterocycles. The van der Waals surface area contributed by atoms with Crippen molar-refractivity contribution in [3.05, 3.63) is 47.8 Å². The number of rotatable bonds is 4. The second-order valence-corrected chi connectivity index (χ2v) is 7.10. The minimum absolute atomic E-state index is 0.0324. The molecule has 1 saturated carbocycles. The van der Waals surface area contributed by atoms with E-state index in [-0.39, 0.29) is 18.4 Å². The lowest BCUT2D eigenvalue weighted by Crippen LogP contribution is -2.30. The number of carbonyl (C=O) groups is 2. The Kier molecular flexibility index (Phi) is 3.82. The molecule has 2 aliphatic rings. The van der Waals surface area contributed by atoms with Gasteiger partial charge in [-0.1, -0.05) is 25.1 Å². The minimum atomic E-state index is -0.829. The molecular formula is C19H21N3O3. The summed E-state index contributed by atoms with van der Waals surface area (Å²) in [6.45, 7) is 2.65. The standard InChI is InChI=1S/C19H21N3O3/c1-12-10-21(11-16(12)19(24)25)18(23)15-9-20-22(17(15)13-7-8-13)14-5-3-2-4-6-14/h2-6,9,12-13,16H,7-8,10-11H2,1H3,(H,24,25)/t12-,16-/m1/s1. The van der Waals surface area contributed by atoms with Crippen LogP contribution in [0.3, 0.4) is 0 Å². The summed E-state index contributed by atoms with van der Waals surface area (Å²) in [5, 5.41) is 13.8. The lowest BCUT2D eigenvalue weighted by Gasteiger charge is -2.16. The SMILES string of the molecule is C[C@@H]1CN(C(=O)c2cnn(-c3ccccc3)c2C2CC2)C[C@H]1C(=O)O. The Morgan fingerprint density at radius 3 is 2.48 bits per heavy atom. The smallest absolute Gasteiger partial charge is 0.308 e. The zero-order chi connectivity index (χ0) is 17.6. The zero-order valence-electron chi connectivity index (χ0n) is 14.1. The van der Waals surface area contributed by atoms with Crippen molar-refractivity contribution in [1.29, 1.82) is 0 Å². The summed E-state index contributed by atoms with van der Waals surface area (Å²) in [5.74, 6) is -1.09. The van der Waals surface area contributed by atoms with Gasteiger partial charge in [0.05, 0.1) is 29.1 Å². The highest BCUT2D eigenvalue weighted by Gasteiger charge is 2.40. The molecule has 2 atom stereocenters. The van der Waals surface area contributed by atoms with Gasteiger partial charge in [-0.2, -0.15) is 5.10 Å². The van der Waals surface area contributed by atoms with Crippen LogP contribution in [0.5, 0.6) is 0 Å². The normalized spacial score (nSPS) is 23.0. The molecule has 130 valence electrons. The molecule has 1 aliphatic carbocycles. The van der Waals surface area contributed by atoms with Gasteiger partial charge in [0, 0.05) is 19.0 Å². The van der Waals surface area contributed by atoms with Crippen molar-refractivity contribution < 1.29 is 14.7 Å². The molecule has 6 heteroatoms. The molecule has 1 N–H and O–H groups in total. The largest absolute Gasteiger partial charge is 0.481 e. The monoisotopic (exact) mass is 339 g/mol. The third-order valence-electron chi connectivity index (χ3n) is 5.22. The topological polar surface area (TPSA) is 75.4 Å². The molecule has 0 unspecified atom stereocenters. The quantitative estimate of drug-likeness (QED) is 0.929. The van der Waals surface area contributed by atoms with Crippen molar-refractivity contribution in [1.82, 2.24) is 14.7 Å². The lowest BCUT2D eigenvalue weighted by atomic mass is 9.99. The maximum Gasteiger partial charge on any atom is 0.308 e. The molecule has 1 amide bonds. The van der Waals surface area contributed by atoms with Crippen LogP contribution in [0.1, 0.15) is 41.7 Å². The predicted molar refractivity (Wildman–Crippen MR) is 91.7 cm³/mol. The molecule has 1 aromatic carbocycles. The van der Waals surface area contributed by atoms with Crippen molar-refractivity contribution in [2.45, 2.75) is 25.7 Å². The highest BCUT2D eigenvalue weighted by atomic mass is 16.4. The van der Waals surface area contributed by atoms with Crippen LogP contribution < -0.4 is 0 Å². The van der Waals surface area contributed by atoms with Gasteiger partial charge in [0.15, 0.2) is 0 Å². The second-order valence-electron chi connectivity index (χ2n) is 7.10. The highest BCUT2D eigenvalue weighted by Crippen LogP contribution is 2.43. The molecule has 0 radical (unpaired) electrons. The maximum absolute atomic E-state index is 13.0. The molecule has 0 bridgehead atoms. The van der Waals surface area contributed by atoms with Gasteiger partial charge in [0.25, 0.3) is 5.91 Å². The van der Waals surface area contributed by atoms with E-state index in [4.69, 9.17) is 0 Å². The van der Waals surface area contributed by atoms with Gasteiger partial charge in [-0.25, -0.2) is 4.68 Å². The van der Waals surface area contributed by atoms with Crippen LogP contribution in [-0.4, -0.2) is 44.8 Å². The Bertz CT molecular complexity index is 811. The number of benzene rings is 1. The minimum Gasteiger partial charge on any atom is -0.481 e. The summed E-state index contributed by atoms with van der Waals surface area (Å²) >= 11 is 0. The van der Waals surface area contributed by atoms with Crippen LogP contribution in [0.15, 0.2) is 36.5 Å². The molecule has 6 nitrogen and oxygen atoms in total. The van der Waals surface area contributed by atoms with Crippen LogP contribution >= 0.6 is 0 Å². The van der Waals surface area contributed by atoms with E-state index in [9.17, 15) is 14.7 Å². The number of aromatic nitrogens is 2. The molecule has 1 saturated heterocycles. The Labute approximate surface area is 146 Å². The van der Waals surface area contributed by atoms with Crippen molar-refractivity contribution in [3.63, 3.8) is 0 Å². The fraction of sp³-hybridized carbons (Fsp3) is 0.421. The average molecular weight is 339 g/mol. The van der Waals surface area contributed by atoms with Crippen molar-refractivity contribution in [2.24, 2.45) is 11.8 Å². The number of carboxylic acid groups (broad SMARTS) is 1. The molecule has 0 spiro atoms. The van der Waals surface area contributed by atoms with E-state index < -0.39 is 11.9 Å². The summed E-state index contributed by atoms with van der Waals surface area (Å²) < 4.78 is 1.86. The van der Waals surface area contributed by atoms with Gasteiger partial charge >= 0.3 is 5.97 Å². The number of para-hydroxylation sites is 1. The summed E-state index contributed by atoms with van der Waals surface area (Å²) in [4.78, 5) is 26.0. The van der Waals surface area contributed by atoms with Gasteiger partial charge < -0.3 is 10.0 Å². The van der Waals surface area contributed by atoms with Crippen LogP contribution in [0.25, 0.3) is 5.69 Å². The van der Waals surface area contributed by atoms with E-state index in [0.29, 0.717) is 18.0 Å². The van der Waals surface area contributed by atoms with E-state index in [1.54, 1.807) is 11.1 Å². The number of amides is 1. The summed E-state index contributed by atoms with van der Waals surface area (Å²) in [6.07, 6.45) is 3.77. The van der Waals surface area contributed by atoms with Gasteiger partial charge in [-0.3, -0.25) is 9.59 Å². The van der Waals surface area contributed by atoms with Gasteiger partial charge in [-0.15, -0.1) is 0 Å². The molecule has 1 aromatic heterocycles. The Hall–Kier alpha value is -2.63. The van der Waals surface area contributed by atoms with Crippen molar-refractivity contribution >= 4 is 11.9 Å². The molecular weight excluding hydrogens is 318 g/mol. The molecule has 25 heavy (non-hydrogen) atoms. The second kappa shape index (κ2) is 6.02. The zero-order valence-corrected chi connectivity index (χ0v) is 14.1. The third-order valence-corrected chi connectivity index (χ3v) is 5.22. The van der Waals surface area contributed by atoms with Gasteiger partial charge in [0.1, 0.15) is 0 Å². The average Bonchev–Trinajstić information content (AvgIpc) is 3.22. The van der Waals surface area contributed by atoms with E-state index in [1.807, 2.05) is 41.9 Å². The fourth-order valence-corrected chi connectivity index (χ4v) is 3.67. The van der Waals surface area contributed by atoms with E-state index >= 15 is 0 Å². The predicted octanol–water partition coefficient (Wildman–Crippen LogP) is 2.54. The number of carboxylic acids is 1. The molecule has 2 heterocycles. The Balaban J connectivity index is 1.66. The van der Waals surface area contributed by atoms with Gasteiger partial charge in [0.2, 0.25) is 0 Å². The molecule has 2 aromatic rings. The summed E-state index contributed by atoms with van der Waals surface area (Å²) in [7, 11) is 0. The number of carbonyl (C=O) groups excluding carboxylic acids is 1. The van der Waals surface area contributed by atoms with Crippen LogP contribution in [0, 0.1) is 11.8 Å². The first kappa shape index (κ1) is 15.9. The van der Waals surface area contributed by atoms with Crippen LogP contribution in [-0.2, 0) is 4.79 Å². The fourth-order valence-electron chi connectivity index (χ4n) is 3.67.